The molecule has 2 heterocycles. The van der Waals surface area contributed by atoms with Crippen molar-refractivity contribution in [2.24, 2.45) is 0 Å². The molecular formula is C22H21N7O3. The number of hydrogen-bond acceptors (Lipinski definition) is 7. The van der Waals surface area contributed by atoms with Crippen LogP contribution in [0.1, 0.15) is 27.8 Å². The maximum atomic E-state index is 13.1. The van der Waals surface area contributed by atoms with Crippen molar-refractivity contribution < 1.29 is 9.72 Å². The van der Waals surface area contributed by atoms with Gasteiger partial charge in [-0.3, -0.25) is 19.8 Å². The number of amides is 1. The zero-order valence-electron chi connectivity index (χ0n) is 17.5. The van der Waals surface area contributed by atoms with Crippen LogP contribution >= 0.6 is 0 Å². The van der Waals surface area contributed by atoms with Crippen LogP contribution in [0.3, 0.4) is 0 Å². The number of aromatic nitrogens is 3. The number of nitriles is 1. The molecule has 32 heavy (non-hydrogen) atoms. The highest BCUT2D eigenvalue weighted by Gasteiger charge is 2.30. The maximum absolute atomic E-state index is 13.1. The van der Waals surface area contributed by atoms with Crippen LogP contribution in [0.15, 0.2) is 54.6 Å². The molecule has 1 saturated heterocycles. The maximum Gasteiger partial charge on any atom is 0.276 e. The molecular weight excluding hydrogens is 410 g/mol. The molecule has 4 rings (SSSR count). The molecule has 0 N–H and O–H groups in total. The summed E-state index contributed by atoms with van der Waals surface area (Å²) in [6.45, 7) is 3.77. The average Bonchev–Trinajstić information content (AvgIpc) is 3.21. The Morgan fingerprint density at radius 3 is 2.50 bits per heavy atom. The van der Waals surface area contributed by atoms with Crippen LogP contribution in [-0.4, -0.2) is 61.8 Å². The summed E-state index contributed by atoms with van der Waals surface area (Å²) in [4.78, 5) is 27.4. The van der Waals surface area contributed by atoms with E-state index >= 15 is 0 Å². The lowest BCUT2D eigenvalue weighted by Crippen LogP contribution is -2.49. The van der Waals surface area contributed by atoms with E-state index in [2.05, 4.69) is 21.3 Å². The Balaban J connectivity index is 1.47. The van der Waals surface area contributed by atoms with Crippen LogP contribution < -0.4 is 0 Å². The number of nitrogens with zero attached hydrogens (tertiary/aromatic N) is 7. The fourth-order valence-electron chi connectivity index (χ4n) is 3.85. The van der Waals surface area contributed by atoms with Gasteiger partial charge in [-0.2, -0.15) is 5.26 Å². The molecule has 0 saturated carbocycles. The second-order valence-corrected chi connectivity index (χ2v) is 7.48. The van der Waals surface area contributed by atoms with E-state index in [4.69, 9.17) is 0 Å². The molecule has 1 atom stereocenters. The van der Waals surface area contributed by atoms with Gasteiger partial charge in [-0.15, -0.1) is 5.10 Å². The number of benzene rings is 2. The van der Waals surface area contributed by atoms with Crippen molar-refractivity contribution in [2.75, 3.05) is 26.2 Å². The van der Waals surface area contributed by atoms with Crippen LogP contribution in [0.2, 0.25) is 0 Å². The van der Waals surface area contributed by atoms with Gasteiger partial charge in [0.15, 0.2) is 5.69 Å². The largest absolute Gasteiger partial charge is 0.335 e. The minimum atomic E-state index is -0.481. The monoisotopic (exact) mass is 431 g/mol. The van der Waals surface area contributed by atoms with Crippen LogP contribution in [0.5, 0.6) is 0 Å². The molecule has 10 nitrogen and oxygen atoms in total. The summed E-state index contributed by atoms with van der Waals surface area (Å²) in [6.07, 6.45) is 0. The smallest absolute Gasteiger partial charge is 0.276 e. The number of piperazine rings is 1. The van der Waals surface area contributed by atoms with Crippen molar-refractivity contribution in [1.29, 1.82) is 5.26 Å². The first-order chi connectivity index (χ1) is 15.5. The third-order valence-corrected chi connectivity index (χ3v) is 5.59. The first-order valence-corrected chi connectivity index (χ1v) is 10.1. The van der Waals surface area contributed by atoms with Crippen molar-refractivity contribution in [3.05, 3.63) is 81.7 Å². The highest BCUT2D eigenvalue weighted by atomic mass is 16.6. The fourth-order valence-corrected chi connectivity index (χ4v) is 3.85. The van der Waals surface area contributed by atoms with Gasteiger partial charge >= 0.3 is 0 Å². The highest BCUT2D eigenvalue weighted by Crippen LogP contribution is 2.23. The van der Waals surface area contributed by atoms with Gasteiger partial charge in [0.05, 0.1) is 22.4 Å². The Labute approximate surface area is 184 Å². The number of nitro groups is 1. The van der Waals surface area contributed by atoms with E-state index in [0.717, 1.165) is 5.56 Å². The Morgan fingerprint density at radius 2 is 1.84 bits per heavy atom. The summed E-state index contributed by atoms with van der Waals surface area (Å²) in [5, 5.41) is 28.8. The van der Waals surface area contributed by atoms with Crippen molar-refractivity contribution >= 4 is 11.6 Å². The van der Waals surface area contributed by atoms with Crippen molar-refractivity contribution in [1.82, 2.24) is 24.8 Å². The molecule has 1 aliphatic rings. The molecule has 1 aromatic heterocycles. The molecule has 162 valence electrons. The molecule has 1 amide bonds. The topological polar surface area (TPSA) is 121 Å². The molecule has 3 aromatic rings. The molecule has 1 fully saturated rings. The van der Waals surface area contributed by atoms with Crippen LogP contribution in [0.4, 0.5) is 5.69 Å². The molecule has 1 unspecified atom stereocenters. The molecule has 0 spiro atoms. The molecule has 10 heteroatoms. The van der Waals surface area contributed by atoms with Gasteiger partial charge in [0.2, 0.25) is 0 Å². The van der Waals surface area contributed by atoms with Gasteiger partial charge in [0, 0.05) is 38.3 Å². The number of carbonyl (C=O) groups excluding carboxylic acids is 1. The minimum Gasteiger partial charge on any atom is -0.335 e. The Hall–Kier alpha value is -4.10. The van der Waals surface area contributed by atoms with E-state index < -0.39 is 4.92 Å². The van der Waals surface area contributed by atoms with E-state index in [1.165, 1.54) is 16.8 Å². The van der Waals surface area contributed by atoms with E-state index in [1.54, 1.807) is 24.0 Å². The molecule has 1 aliphatic heterocycles. The third-order valence-electron chi connectivity index (χ3n) is 5.59. The molecule has 0 bridgehead atoms. The van der Waals surface area contributed by atoms with E-state index in [9.17, 15) is 20.2 Å². The summed E-state index contributed by atoms with van der Waals surface area (Å²) in [6, 6.07) is 17.6. The van der Waals surface area contributed by atoms with E-state index in [0.29, 0.717) is 37.6 Å². The first-order valence-electron chi connectivity index (χ1n) is 10.1. The molecule has 0 aliphatic carbocycles. The van der Waals surface area contributed by atoms with Crippen molar-refractivity contribution in [3.63, 3.8) is 0 Å². The average molecular weight is 431 g/mol. The van der Waals surface area contributed by atoms with Crippen LogP contribution in [0, 0.1) is 28.4 Å². The SMILES string of the molecule is Cc1c(C(=O)N2CCN(C(C#N)c3ccccc3)CC2)nnn1-c1cccc([N+](=O)[O-])c1. The Kier molecular flexibility index (Phi) is 5.91. The lowest BCUT2D eigenvalue weighted by Gasteiger charge is -2.36. The Morgan fingerprint density at radius 1 is 1.12 bits per heavy atom. The predicted molar refractivity (Wildman–Crippen MR) is 115 cm³/mol. The fraction of sp³-hybridized carbons (Fsp3) is 0.273. The van der Waals surface area contributed by atoms with Gasteiger partial charge in [0.1, 0.15) is 6.04 Å². The van der Waals surface area contributed by atoms with Gasteiger partial charge in [0.25, 0.3) is 11.6 Å². The highest BCUT2D eigenvalue weighted by molar-refractivity contribution is 5.93. The lowest BCUT2D eigenvalue weighted by molar-refractivity contribution is -0.384. The first kappa shape index (κ1) is 21.1. The quantitative estimate of drug-likeness (QED) is 0.449. The standard InChI is InChI=1S/C22H21N7O3/c1-16-21(24-25-28(16)18-8-5-9-19(14-18)29(31)32)22(30)27-12-10-26(11-13-27)20(15-23)17-6-3-2-4-7-17/h2-9,14,20H,10-13H2,1H3. The summed E-state index contributed by atoms with van der Waals surface area (Å²) < 4.78 is 1.43. The second-order valence-electron chi connectivity index (χ2n) is 7.48. The molecule has 0 radical (unpaired) electrons. The van der Waals surface area contributed by atoms with Gasteiger partial charge in [-0.05, 0) is 18.6 Å². The zero-order valence-corrected chi connectivity index (χ0v) is 17.5. The number of non-ortho nitro benzene ring substituents is 1. The number of rotatable bonds is 5. The number of nitro benzene ring substituents is 1. The minimum absolute atomic E-state index is 0.0631. The zero-order chi connectivity index (χ0) is 22.7. The van der Waals surface area contributed by atoms with Crippen LogP contribution in [-0.2, 0) is 0 Å². The third kappa shape index (κ3) is 4.06. The van der Waals surface area contributed by atoms with E-state index in [1.807, 2.05) is 30.3 Å². The molecule has 2 aromatic carbocycles. The van der Waals surface area contributed by atoms with Crippen molar-refractivity contribution in [2.45, 2.75) is 13.0 Å². The van der Waals surface area contributed by atoms with Gasteiger partial charge < -0.3 is 4.90 Å². The van der Waals surface area contributed by atoms with Crippen LogP contribution in [0.25, 0.3) is 5.69 Å². The van der Waals surface area contributed by atoms with Crippen molar-refractivity contribution in [3.8, 4) is 11.8 Å². The second kappa shape index (κ2) is 8.95. The summed E-state index contributed by atoms with van der Waals surface area (Å²) in [5.74, 6) is -0.243. The number of hydrogen-bond donors (Lipinski definition) is 0. The number of carbonyl (C=O) groups is 1. The normalized spacial score (nSPS) is 15.2. The summed E-state index contributed by atoms with van der Waals surface area (Å²) >= 11 is 0. The van der Waals surface area contributed by atoms with Gasteiger partial charge in [-0.1, -0.05) is 41.6 Å². The summed E-state index contributed by atoms with van der Waals surface area (Å²) in [7, 11) is 0. The van der Waals surface area contributed by atoms with E-state index in [-0.39, 0.29) is 23.3 Å². The summed E-state index contributed by atoms with van der Waals surface area (Å²) in [5.41, 5.74) is 2.06. The Bertz CT molecular complexity index is 1180. The van der Waals surface area contributed by atoms with Gasteiger partial charge in [-0.25, -0.2) is 4.68 Å². The lowest BCUT2D eigenvalue weighted by atomic mass is 10.1. The predicted octanol–water partition coefficient (Wildman–Crippen LogP) is 2.51.